The van der Waals surface area contributed by atoms with Gasteiger partial charge in [-0.3, -0.25) is 0 Å². The van der Waals surface area contributed by atoms with E-state index in [9.17, 15) is 9.50 Å². The SMILES string of the molecule is Cc1cc(F)cc([C@H](N)c2ccsc2)c1O.Cl. The molecule has 0 saturated carbocycles. The molecule has 0 fully saturated rings. The molecule has 0 bridgehead atoms. The smallest absolute Gasteiger partial charge is 0.124 e. The highest BCUT2D eigenvalue weighted by atomic mass is 35.5. The number of aromatic hydroxyl groups is 1. The highest BCUT2D eigenvalue weighted by molar-refractivity contribution is 7.08. The normalized spacial score (nSPS) is 11.9. The van der Waals surface area contributed by atoms with Gasteiger partial charge in [0.1, 0.15) is 11.6 Å². The maximum atomic E-state index is 13.2. The third-order valence-corrected chi connectivity index (χ3v) is 3.23. The van der Waals surface area contributed by atoms with E-state index < -0.39 is 6.04 Å². The molecule has 3 N–H and O–H groups in total. The minimum absolute atomic E-state index is 0. The van der Waals surface area contributed by atoms with Gasteiger partial charge in [0.05, 0.1) is 6.04 Å². The molecule has 0 spiro atoms. The fraction of sp³-hybridized carbons (Fsp3) is 0.167. The van der Waals surface area contributed by atoms with Crippen molar-refractivity contribution in [2.75, 3.05) is 0 Å². The van der Waals surface area contributed by atoms with Gasteiger partial charge in [0, 0.05) is 5.56 Å². The zero-order valence-electron chi connectivity index (χ0n) is 9.18. The molecular formula is C12H13ClFNOS. The Morgan fingerprint density at radius 1 is 1.41 bits per heavy atom. The average molecular weight is 274 g/mol. The van der Waals surface area contributed by atoms with Gasteiger partial charge in [0.15, 0.2) is 0 Å². The number of benzene rings is 1. The van der Waals surface area contributed by atoms with Crippen LogP contribution < -0.4 is 5.73 Å². The van der Waals surface area contributed by atoms with Gasteiger partial charge in [-0.25, -0.2) is 4.39 Å². The molecular weight excluding hydrogens is 261 g/mol. The summed E-state index contributed by atoms with van der Waals surface area (Å²) in [4.78, 5) is 0. The van der Waals surface area contributed by atoms with Crippen LogP contribution in [0, 0.1) is 12.7 Å². The summed E-state index contributed by atoms with van der Waals surface area (Å²) in [5.41, 5.74) is 7.79. The zero-order chi connectivity index (χ0) is 11.7. The number of hydrogen-bond donors (Lipinski definition) is 2. The van der Waals surface area contributed by atoms with Crippen molar-refractivity contribution in [3.8, 4) is 5.75 Å². The first kappa shape index (κ1) is 14.0. The quantitative estimate of drug-likeness (QED) is 0.881. The molecule has 1 aromatic heterocycles. The summed E-state index contributed by atoms with van der Waals surface area (Å²) in [5.74, 6) is -0.309. The molecule has 2 rings (SSSR count). The summed E-state index contributed by atoms with van der Waals surface area (Å²) in [5, 5.41) is 13.6. The lowest BCUT2D eigenvalue weighted by Gasteiger charge is -2.14. The lowest BCUT2D eigenvalue weighted by Crippen LogP contribution is -2.11. The molecule has 1 aromatic carbocycles. The van der Waals surface area contributed by atoms with Crippen LogP contribution in [0.1, 0.15) is 22.7 Å². The number of aryl methyl sites for hydroxylation is 1. The van der Waals surface area contributed by atoms with Crippen LogP contribution in [0.2, 0.25) is 0 Å². The second kappa shape index (κ2) is 5.49. The first-order chi connectivity index (χ1) is 7.59. The van der Waals surface area contributed by atoms with Crippen LogP contribution in [0.25, 0.3) is 0 Å². The monoisotopic (exact) mass is 273 g/mol. The van der Waals surface area contributed by atoms with Crippen molar-refractivity contribution < 1.29 is 9.50 Å². The lowest BCUT2D eigenvalue weighted by molar-refractivity contribution is 0.458. The van der Waals surface area contributed by atoms with E-state index in [2.05, 4.69) is 0 Å². The molecule has 0 aliphatic carbocycles. The molecule has 0 amide bonds. The maximum absolute atomic E-state index is 13.2. The van der Waals surface area contributed by atoms with Gasteiger partial charge in [0.25, 0.3) is 0 Å². The molecule has 0 unspecified atom stereocenters. The summed E-state index contributed by atoms with van der Waals surface area (Å²) < 4.78 is 13.2. The van der Waals surface area contributed by atoms with Gasteiger partial charge >= 0.3 is 0 Å². The molecule has 0 radical (unpaired) electrons. The first-order valence-corrected chi connectivity index (χ1v) is 5.80. The summed E-state index contributed by atoms with van der Waals surface area (Å²) in [6.45, 7) is 1.66. The van der Waals surface area contributed by atoms with Crippen molar-refractivity contribution in [1.29, 1.82) is 0 Å². The van der Waals surface area contributed by atoms with E-state index in [0.717, 1.165) is 5.56 Å². The van der Waals surface area contributed by atoms with Crippen LogP contribution >= 0.6 is 23.7 Å². The molecule has 92 valence electrons. The summed E-state index contributed by atoms with van der Waals surface area (Å²) in [6, 6.07) is 3.96. The molecule has 5 heteroatoms. The zero-order valence-corrected chi connectivity index (χ0v) is 10.8. The fourth-order valence-electron chi connectivity index (χ4n) is 1.63. The predicted molar refractivity (Wildman–Crippen MR) is 70.4 cm³/mol. The van der Waals surface area contributed by atoms with Gasteiger partial charge in [-0.1, -0.05) is 0 Å². The van der Waals surface area contributed by atoms with Crippen LogP contribution in [0.15, 0.2) is 29.0 Å². The minimum Gasteiger partial charge on any atom is -0.507 e. The Hall–Kier alpha value is -1.10. The van der Waals surface area contributed by atoms with Crippen molar-refractivity contribution in [3.63, 3.8) is 0 Å². The van der Waals surface area contributed by atoms with Crippen molar-refractivity contribution in [2.45, 2.75) is 13.0 Å². The van der Waals surface area contributed by atoms with Crippen LogP contribution in [0.3, 0.4) is 0 Å². The highest BCUT2D eigenvalue weighted by Crippen LogP contribution is 2.31. The lowest BCUT2D eigenvalue weighted by atomic mass is 9.99. The molecule has 1 atom stereocenters. The van der Waals surface area contributed by atoms with E-state index in [1.165, 1.54) is 23.5 Å². The average Bonchev–Trinajstić information content (AvgIpc) is 2.75. The van der Waals surface area contributed by atoms with E-state index in [0.29, 0.717) is 11.1 Å². The van der Waals surface area contributed by atoms with Gasteiger partial charge in [0.2, 0.25) is 0 Å². The number of phenolic OH excluding ortho intramolecular Hbond substituents is 1. The summed E-state index contributed by atoms with van der Waals surface area (Å²) in [7, 11) is 0. The van der Waals surface area contributed by atoms with E-state index in [-0.39, 0.29) is 24.0 Å². The fourth-order valence-corrected chi connectivity index (χ4v) is 2.33. The minimum atomic E-state index is -0.486. The maximum Gasteiger partial charge on any atom is 0.124 e. The Morgan fingerprint density at radius 3 is 2.71 bits per heavy atom. The predicted octanol–water partition coefficient (Wildman–Crippen LogP) is 3.37. The third kappa shape index (κ3) is 2.77. The van der Waals surface area contributed by atoms with E-state index in [1.807, 2.05) is 16.8 Å². The van der Waals surface area contributed by atoms with Crippen LogP contribution in [-0.2, 0) is 0 Å². The van der Waals surface area contributed by atoms with E-state index in [1.54, 1.807) is 6.92 Å². The van der Waals surface area contributed by atoms with Gasteiger partial charge in [-0.15, -0.1) is 12.4 Å². The molecule has 0 aliphatic heterocycles. The molecule has 2 nitrogen and oxygen atoms in total. The van der Waals surface area contributed by atoms with Crippen LogP contribution in [0.5, 0.6) is 5.75 Å². The highest BCUT2D eigenvalue weighted by Gasteiger charge is 2.16. The number of halogens is 2. The Kier molecular flexibility index (Phi) is 4.51. The molecule has 17 heavy (non-hydrogen) atoms. The van der Waals surface area contributed by atoms with E-state index >= 15 is 0 Å². The van der Waals surface area contributed by atoms with Crippen molar-refractivity contribution >= 4 is 23.7 Å². The third-order valence-electron chi connectivity index (χ3n) is 2.53. The number of rotatable bonds is 2. The van der Waals surface area contributed by atoms with Gasteiger partial charge in [-0.05, 0) is 47.0 Å². The Labute approximate surface area is 109 Å². The number of thiophene rings is 1. The van der Waals surface area contributed by atoms with Crippen molar-refractivity contribution in [2.24, 2.45) is 5.73 Å². The first-order valence-electron chi connectivity index (χ1n) is 4.86. The van der Waals surface area contributed by atoms with Crippen LogP contribution in [0.4, 0.5) is 4.39 Å². The molecule has 2 aromatic rings. The molecule has 0 saturated heterocycles. The molecule has 0 aliphatic rings. The number of phenols is 1. The second-order valence-corrected chi connectivity index (χ2v) is 4.47. The standard InChI is InChI=1S/C12H12FNOS.ClH/c1-7-4-9(13)5-10(12(7)15)11(14)8-2-3-16-6-8;/h2-6,11,15H,14H2,1H3;1H/t11-;/m1./s1. The van der Waals surface area contributed by atoms with Crippen molar-refractivity contribution in [1.82, 2.24) is 0 Å². The van der Waals surface area contributed by atoms with Crippen molar-refractivity contribution in [3.05, 3.63) is 51.5 Å². The second-order valence-electron chi connectivity index (χ2n) is 3.69. The van der Waals surface area contributed by atoms with Crippen LogP contribution in [-0.4, -0.2) is 5.11 Å². The Balaban J connectivity index is 0.00000144. The number of hydrogen-bond acceptors (Lipinski definition) is 3. The largest absolute Gasteiger partial charge is 0.507 e. The van der Waals surface area contributed by atoms with E-state index in [4.69, 9.17) is 5.73 Å². The summed E-state index contributed by atoms with van der Waals surface area (Å²) in [6.07, 6.45) is 0. The number of nitrogens with two attached hydrogens (primary N) is 1. The summed E-state index contributed by atoms with van der Waals surface area (Å²) >= 11 is 1.52. The van der Waals surface area contributed by atoms with Gasteiger partial charge < -0.3 is 10.8 Å². The topological polar surface area (TPSA) is 46.2 Å². The molecule has 1 heterocycles. The Morgan fingerprint density at radius 2 is 2.12 bits per heavy atom. The van der Waals surface area contributed by atoms with Gasteiger partial charge in [-0.2, -0.15) is 11.3 Å². The Bertz CT molecular complexity index is 501.